The van der Waals surface area contributed by atoms with Crippen LogP contribution < -0.4 is 10.6 Å². The van der Waals surface area contributed by atoms with Gasteiger partial charge in [-0.25, -0.2) is 9.78 Å². The van der Waals surface area contributed by atoms with Crippen LogP contribution in [-0.2, 0) is 18.4 Å². The summed E-state index contributed by atoms with van der Waals surface area (Å²) in [5, 5.41) is 17.8. The molecule has 0 bridgehead atoms. The fraction of sp³-hybridized carbons (Fsp3) is 0.600. The van der Waals surface area contributed by atoms with E-state index < -0.39 is 17.9 Å². The van der Waals surface area contributed by atoms with Crippen molar-refractivity contribution in [3.63, 3.8) is 0 Å². The van der Waals surface area contributed by atoms with Gasteiger partial charge >= 0.3 is 12.0 Å². The standard InChI is InChI=1S/C10H17N5O3/c1-3-7(9(16)17)4-11-10(18)12-5-8-13-6-15(2)14-8/h6-7H,3-5H2,1-2H3,(H,16,17)(H2,11,12,18). The van der Waals surface area contributed by atoms with Crippen molar-refractivity contribution in [3.05, 3.63) is 12.2 Å². The van der Waals surface area contributed by atoms with Gasteiger partial charge in [0.05, 0.1) is 12.5 Å². The highest BCUT2D eigenvalue weighted by Gasteiger charge is 2.15. The Morgan fingerprint density at radius 2 is 2.22 bits per heavy atom. The number of carbonyl (C=O) groups excluding carboxylic acids is 1. The molecule has 0 saturated heterocycles. The highest BCUT2D eigenvalue weighted by atomic mass is 16.4. The number of hydrogen-bond acceptors (Lipinski definition) is 4. The molecule has 0 aliphatic rings. The number of aromatic nitrogens is 3. The summed E-state index contributed by atoms with van der Waals surface area (Å²) in [5.74, 6) is -0.981. The highest BCUT2D eigenvalue weighted by molar-refractivity contribution is 5.75. The summed E-state index contributed by atoms with van der Waals surface area (Å²) in [6, 6.07) is -0.429. The van der Waals surface area contributed by atoms with Gasteiger partial charge in [-0.05, 0) is 6.42 Å². The van der Waals surface area contributed by atoms with E-state index in [1.165, 1.54) is 11.0 Å². The van der Waals surface area contributed by atoms with Crippen molar-refractivity contribution in [2.24, 2.45) is 13.0 Å². The summed E-state index contributed by atoms with van der Waals surface area (Å²) in [4.78, 5) is 26.1. The van der Waals surface area contributed by atoms with Crippen LogP contribution in [0.2, 0.25) is 0 Å². The van der Waals surface area contributed by atoms with Gasteiger partial charge in [-0.15, -0.1) is 0 Å². The van der Waals surface area contributed by atoms with Crippen LogP contribution in [0.25, 0.3) is 0 Å². The first-order valence-corrected chi connectivity index (χ1v) is 5.62. The third-order valence-corrected chi connectivity index (χ3v) is 2.41. The van der Waals surface area contributed by atoms with E-state index in [0.717, 1.165) is 0 Å². The van der Waals surface area contributed by atoms with Gasteiger partial charge < -0.3 is 15.7 Å². The first-order valence-electron chi connectivity index (χ1n) is 5.62. The summed E-state index contributed by atoms with van der Waals surface area (Å²) in [7, 11) is 1.73. The molecule has 0 fully saturated rings. The van der Waals surface area contributed by atoms with Crippen molar-refractivity contribution in [2.45, 2.75) is 19.9 Å². The minimum Gasteiger partial charge on any atom is -0.481 e. The Bertz CT molecular complexity index is 417. The number of aliphatic carboxylic acids is 1. The van der Waals surface area contributed by atoms with Crippen molar-refractivity contribution in [1.82, 2.24) is 25.4 Å². The molecule has 0 aromatic carbocycles. The third-order valence-electron chi connectivity index (χ3n) is 2.41. The van der Waals surface area contributed by atoms with Gasteiger partial charge in [-0.1, -0.05) is 6.92 Å². The maximum absolute atomic E-state index is 11.4. The van der Waals surface area contributed by atoms with Gasteiger partial charge in [0.15, 0.2) is 5.82 Å². The second-order valence-electron chi connectivity index (χ2n) is 3.84. The van der Waals surface area contributed by atoms with Gasteiger partial charge in [0.25, 0.3) is 0 Å². The smallest absolute Gasteiger partial charge is 0.315 e. The van der Waals surface area contributed by atoms with Crippen molar-refractivity contribution in [1.29, 1.82) is 0 Å². The number of urea groups is 1. The Labute approximate surface area is 104 Å². The zero-order valence-corrected chi connectivity index (χ0v) is 10.4. The minimum absolute atomic E-state index is 0.104. The fourth-order valence-electron chi connectivity index (χ4n) is 1.31. The number of aryl methyl sites for hydroxylation is 1. The Morgan fingerprint density at radius 3 is 2.72 bits per heavy atom. The summed E-state index contributed by atoms with van der Waals surface area (Å²) in [5.41, 5.74) is 0. The van der Waals surface area contributed by atoms with E-state index in [1.54, 1.807) is 14.0 Å². The molecule has 1 rings (SSSR count). The number of nitrogens with one attached hydrogen (secondary N) is 2. The van der Waals surface area contributed by atoms with Gasteiger partial charge in [0.1, 0.15) is 6.33 Å². The number of carbonyl (C=O) groups is 2. The molecule has 2 amide bonds. The maximum atomic E-state index is 11.4. The molecule has 0 aliphatic heterocycles. The molecule has 1 unspecified atom stereocenters. The quantitative estimate of drug-likeness (QED) is 0.648. The van der Waals surface area contributed by atoms with E-state index in [4.69, 9.17) is 5.11 Å². The van der Waals surface area contributed by atoms with Gasteiger partial charge in [0, 0.05) is 13.6 Å². The van der Waals surface area contributed by atoms with Crippen molar-refractivity contribution in [2.75, 3.05) is 6.54 Å². The molecule has 0 radical (unpaired) electrons. The average Bonchev–Trinajstić information content (AvgIpc) is 2.73. The summed E-state index contributed by atoms with van der Waals surface area (Å²) < 4.78 is 1.53. The Morgan fingerprint density at radius 1 is 1.50 bits per heavy atom. The lowest BCUT2D eigenvalue weighted by atomic mass is 10.1. The fourth-order valence-corrected chi connectivity index (χ4v) is 1.31. The number of amides is 2. The van der Waals surface area contributed by atoms with E-state index in [-0.39, 0.29) is 13.1 Å². The molecular weight excluding hydrogens is 238 g/mol. The summed E-state index contributed by atoms with van der Waals surface area (Å²) in [6.45, 7) is 2.07. The predicted molar refractivity (Wildman–Crippen MR) is 62.7 cm³/mol. The number of rotatable bonds is 6. The molecule has 100 valence electrons. The second-order valence-corrected chi connectivity index (χ2v) is 3.84. The van der Waals surface area contributed by atoms with Crippen LogP contribution >= 0.6 is 0 Å². The van der Waals surface area contributed by atoms with Crippen LogP contribution in [0.5, 0.6) is 0 Å². The molecule has 0 saturated carbocycles. The molecule has 3 N–H and O–H groups in total. The molecule has 0 aliphatic carbocycles. The van der Waals surface area contributed by atoms with Gasteiger partial charge in [-0.2, -0.15) is 5.10 Å². The highest BCUT2D eigenvalue weighted by Crippen LogP contribution is 2.00. The lowest BCUT2D eigenvalue weighted by molar-refractivity contribution is -0.141. The molecule has 8 heteroatoms. The van der Waals surface area contributed by atoms with Crippen LogP contribution in [0.1, 0.15) is 19.2 Å². The normalized spacial score (nSPS) is 11.9. The van der Waals surface area contributed by atoms with E-state index in [9.17, 15) is 9.59 Å². The minimum atomic E-state index is -0.913. The van der Waals surface area contributed by atoms with Gasteiger partial charge in [0.2, 0.25) is 0 Å². The number of nitrogens with zero attached hydrogens (tertiary/aromatic N) is 3. The van der Waals surface area contributed by atoms with E-state index in [2.05, 4.69) is 20.7 Å². The molecule has 1 heterocycles. The predicted octanol–water partition coefficient (Wildman–Crippen LogP) is -0.275. The molecule has 8 nitrogen and oxygen atoms in total. The number of carboxylic acid groups (broad SMARTS) is 1. The Kier molecular flexibility index (Phi) is 5.09. The Balaban J connectivity index is 2.27. The molecule has 0 spiro atoms. The zero-order valence-electron chi connectivity index (χ0n) is 10.4. The summed E-state index contributed by atoms with van der Waals surface area (Å²) >= 11 is 0. The van der Waals surface area contributed by atoms with Crippen molar-refractivity contribution >= 4 is 12.0 Å². The molecular formula is C10H17N5O3. The zero-order chi connectivity index (χ0) is 13.5. The third kappa shape index (κ3) is 4.40. The van der Waals surface area contributed by atoms with Crippen molar-refractivity contribution in [3.8, 4) is 0 Å². The van der Waals surface area contributed by atoms with E-state index in [0.29, 0.717) is 12.2 Å². The van der Waals surface area contributed by atoms with E-state index >= 15 is 0 Å². The molecule has 1 aromatic heterocycles. The number of hydrogen-bond donors (Lipinski definition) is 3. The second kappa shape index (κ2) is 6.58. The molecule has 1 atom stereocenters. The van der Waals surface area contributed by atoms with Crippen LogP contribution in [-0.4, -0.2) is 38.4 Å². The lowest BCUT2D eigenvalue weighted by Crippen LogP contribution is -2.39. The average molecular weight is 255 g/mol. The monoisotopic (exact) mass is 255 g/mol. The van der Waals surface area contributed by atoms with Crippen LogP contribution in [0.15, 0.2) is 6.33 Å². The molecule has 1 aromatic rings. The SMILES string of the molecule is CCC(CNC(=O)NCc1ncn(C)n1)C(=O)O. The molecule has 18 heavy (non-hydrogen) atoms. The first-order chi connectivity index (χ1) is 8.52. The van der Waals surface area contributed by atoms with Crippen LogP contribution in [0.4, 0.5) is 4.79 Å². The first kappa shape index (κ1) is 13.9. The topological polar surface area (TPSA) is 109 Å². The van der Waals surface area contributed by atoms with Crippen LogP contribution in [0, 0.1) is 5.92 Å². The van der Waals surface area contributed by atoms with Crippen molar-refractivity contribution < 1.29 is 14.7 Å². The van der Waals surface area contributed by atoms with E-state index in [1.807, 2.05) is 0 Å². The summed E-state index contributed by atoms with van der Waals surface area (Å²) in [6.07, 6.45) is 2.00. The van der Waals surface area contributed by atoms with Gasteiger partial charge in [-0.3, -0.25) is 9.48 Å². The largest absolute Gasteiger partial charge is 0.481 e. The van der Waals surface area contributed by atoms with Crippen LogP contribution in [0.3, 0.4) is 0 Å². The lowest BCUT2D eigenvalue weighted by Gasteiger charge is -2.11. The maximum Gasteiger partial charge on any atom is 0.315 e. The Hall–Kier alpha value is -2.12. The number of carboxylic acids is 1.